The standard InChI is InChI=1S/C17H19FN6O.HI/c1-11-8-12(5-6-13(11)18)9-20-17(19-2)21-10-15-22-16(24-23-15)14-4-3-7-25-14;/h3-8H,9-10H2,1-2H3,(H2,19,20,21)(H,22,23,24);1H. The minimum Gasteiger partial charge on any atom is -0.461 e. The minimum absolute atomic E-state index is 0. The van der Waals surface area contributed by atoms with Gasteiger partial charge >= 0.3 is 0 Å². The summed E-state index contributed by atoms with van der Waals surface area (Å²) in [4.78, 5) is 8.51. The minimum atomic E-state index is -0.205. The highest BCUT2D eigenvalue weighted by Gasteiger charge is 2.08. The second-order valence-corrected chi connectivity index (χ2v) is 5.45. The van der Waals surface area contributed by atoms with E-state index in [4.69, 9.17) is 4.42 Å². The van der Waals surface area contributed by atoms with Gasteiger partial charge in [-0.3, -0.25) is 10.1 Å². The normalized spacial score (nSPS) is 11.1. The Labute approximate surface area is 167 Å². The summed E-state index contributed by atoms with van der Waals surface area (Å²) < 4.78 is 18.6. The lowest BCUT2D eigenvalue weighted by Crippen LogP contribution is -2.36. The first-order valence-corrected chi connectivity index (χ1v) is 7.80. The van der Waals surface area contributed by atoms with Gasteiger partial charge in [0, 0.05) is 13.6 Å². The summed E-state index contributed by atoms with van der Waals surface area (Å²) in [6, 6.07) is 8.60. The largest absolute Gasteiger partial charge is 0.461 e. The van der Waals surface area contributed by atoms with Gasteiger partial charge in [0.2, 0.25) is 5.82 Å². The predicted octanol–water partition coefficient (Wildman–Crippen LogP) is 3.00. The molecular formula is C17H20FIN6O. The summed E-state index contributed by atoms with van der Waals surface area (Å²) >= 11 is 0. The molecule has 0 radical (unpaired) electrons. The maximum atomic E-state index is 13.3. The van der Waals surface area contributed by atoms with Gasteiger partial charge in [-0.1, -0.05) is 12.1 Å². The van der Waals surface area contributed by atoms with Gasteiger partial charge in [0.05, 0.1) is 12.8 Å². The molecular weight excluding hydrogens is 450 g/mol. The molecule has 0 fully saturated rings. The van der Waals surface area contributed by atoms with Crippen LogP contribution in [0, 0.1) is 12.7 Å². The van der Waals surface area contributed by atoms with E-state index in [1.165, 1.54) is 6.07 Å². The smallest absolute Gasteiger partial charge is 0.216 e. The predicted molar refractivity (Wildman–Crippen MR) is 108 cm³/mol. The van der Waals surface area contributed by atoms with Crippen LogP contribution in [0.2, 0.25) is 0 Å². The molecule has 2 aromatic heterocycles. The van der Waals surface area contributed by atoms with Crippen LogP contribution in [0.15, 0.2) is 46.0 Å². The van der Waals surface area contributed by atoms with E-state index in [0.717, 1.165) is 5.56 Å². The van der Waals surface area contributed by atoms with Crippen molar-refractivity contribution < 1.29 is 8.81 Å². The molecule has 0 unspecified atom stereocenters. The highest BCUT2D eigenvalue weighted by molar-refractivity contribution is 14.0. The Morgan fingerprint density at radius 1 is 1.27 bits per heavy atom. The summed E-state index contributed by atoms with van der Waals surface area (Å²) in [5.74, 6) is 2.18. The van der Waals surface area contributed by atoms with Gasteiger partial charge < -0.3 is 15.1 Å². The van der Waals surface area contributed by atoms with E-state index in [9.17, 15) is 4.39 Å². The molecule has 0 saturated heterocycles. The molecule has 0 spiro atoms. The van der Waals surface area contributed by atoms with E-state index in [-0.39, 0.29) is 29.8 Å². The second kappa shape index (κ2) is 9.32. The molecule has 26 heavy (non-hydrogen) atoms. The Bertz CT molecular complexity index is 862. The monoisotopic (exact) mass is 470 g/mol. The number of halogens is 2. The Kier molecular flexibility index (Phi) is 7.13. The molecule has 0 aliphatic heterocycles. The molecule has 3 rings (SSSR count). The summed E-state index contributed by atoms with van der Waals surface area (Å²) in [5.41, 5.74) is 1.59. The molecule has 138 valence electrons. The van der Waals surface area contributed by atoms with E-state index in [1.54, 1.807) is 38.4 Å². The Morgan fingerprint density at radius 2 is 2.08 bits per heavy atom. The third-order valence-corrected chi connectivity index (χ3v) is 3.60. The number of furan rings is 1. The number of aromatic amines is 1. The summed E-state index contributed by atoms with van der Waals surface area (Å²) in [6.07, 6.45) is 1.58. The quantitative estimate of drug-likeness (QED) is 0.303. The topological polar surface area (TPSA) is 91.1 Å². The van der Waals surface area contributed by atoms with Crippen LogP contribution in [0.1, 0.15) is 17.0 Å². The molecule has 3 aromatic rings. The highest BCUT2D eigenvalue weighted by atomic mass is 127. The van der Waals surface area contributed by atoms with Crippen molar-refractivity contribution in [2.75, 3.05) is 7.05 Å². The number of benzene rings is 1. The van der Waals surface area contributed by atoms with Gasteiger partial charge in [-0.05, 0) is 36.2 Å². The fraction of sp³-hybridized carbons (Fsp3) is 0.235. The number of hydrogen-bond acceptors (Lipinski definition) is 4. The molecule has 2 heterocycles. The van der Waals surface area contributed by atoms with E-state index in [2.05, 4.69) is 30.8 Å². The van der Waals surface area contributed by atoms with Crippen LogP contribution in [0.4, 0.5) is 4.39 Å². The van der Waals surface area contributed by atoms with Crippen molar-refractivity contribution in [3.05, 3.63) is 59.4 Å². The van der Waals surface area contributed by atoms with Crippen LogP contribution in [0.5, 0.6) is 0 Å². The van der Waals surface area contributed by atoms with E-state index in [0.29, 0.717) is 42.0 Å². The van der Waals surface area contributed by atoms with Gasteiger partial charge in [-0.25, -0.2) is 9.37 Å². The van der Waals surface area contributed by atoms with Gasteiger partial charge in [0.1, 0.15) is 11.6 Å². The lowest BCUT2D eigenvalue weighted by atomic mass is 10.1. The molecule has 7 nitrogen and oxygen atoms in total. The number of nitrogens with one attached hydrogen (secondary N) is 3. The van der Waals surface area contributed by atoms with E-state index in [1.807, 2.05) is 6.07 Å². The Balaban J connectivity index is 0.00000243. The third kappa shape index (κ3) is 5.04. The fourth-order valence-corrected chi connectivity index (χ4v) is 2.28. The second-order valence-electron chi connectivity index (χ2n) is 5.45. The molecule has 3 N–H and O–H groups in total. The summed E-state index contributed by atoms with van der Waals surface area (Å²) in [6.45, 7) is 2.71. The highest BCUT2D eigenvalue weighted by Crippen LogP contribution is 2.14. The van der Waals surface area contributed by atoms with Crippen LogP contribution < -0.4 is 10.6 Å². The molecule has 0 aliphatic carbocycles. The van der Waals surface area contributed by atoms with Crippen molar-refractivity contribution in [2.24, 2.45) is 4.99 Å². The number of aryl methyl sites for hydroxylation is 1. The zero-order chi connectivity index (χ0) is 17.6. The van der Waals surface area contributed by atoms with Crippen molar-refractivity contribution >= 4 is 29.9 Å². The van der Waals surface area contributed by atoms with E-state index >= 15 is 0 Å². The average molecular weight is 470 g/mol. The first-order valence-electron chi connectivity index (χ1n) is 7.80. The number of aromatic nitrogens is 3. The van der Waals surface area contributed by atoms with Crippen molar-refractivity contribution in [1.82, 2.24) is 25.8 Å². The molecule has 0 aliphatic rings. The van der Waals surface area contributed by atoms with Crippen LogP contribution in [0.3, 0.4) is 0 Å². The lowest BCUT2D eigenvalue weighted by Gasteiger charge is -2.11. The van der Waals surface area contributed by atoms with Crippen molar-refractivity contribution in [1.29, 1.82) is 0 Å². The van der Waals surface area contributed by atoms with Crippen LogP contribution in [0.25, 0.3) is 11.6 Å². The first-order chi connectivity index (χ1) is 12.2. The van der Waals surface area contributed by atoms with Crippen LogP contribution in [-0.4, -0.2) is 28.2 Å². The first kappa shape index (κ1) is 19.9. The molecule has 0 atom stereocenters. The summed E-state index contributed by atoms with van der Waals surface area (Å²) in [7, 11) is 1.68. The fourth-order valence-electron chi connectivity index (χ4n) is 2.28. The van der Waals surface area contributed by atoms with Crippen LogP contribution in [-0.2, 0) is 13.1 Å². The Morgan fingerprint density at radius 3 is 2.77 bits per heavy atom. The number of nitrogens with zero attached hydrogens (tertiary/aromatic N) is 3. The molecule has 0 amide bonds. The maximum Gasteiger partial charge on any atom is 0.216 e. The lowest BCUT2D eigenvalue weighted by molar-refractivity contribution is 0.577. The number of hydrogen-bond donors (Lipinski definition) is 3. The number of aliphatic imine (C=N–C) groups is 1. The molecule has 0 bridgehead atoms. The Hall–Kier alpha value is -2.43. The van der Waals surface area contributed by atoms with Gasteiger partial charge in [-0.15, -0.1) is 29.1 Å². The van der Waals surface area contributed by atoms with E-state index < -0.39 is 0 Å². The maximum absolute atomic E-state index is 13.3. The zero-order valence-electron chi connectivity index (χ0n) is 14.4. The van der Waals surface area contributed by atoms with Crippen molar-refractivity contribution in [2.45, 2.75) is 20.0 Å². The summed E-state index contributed by atoms with van der Waals surface area (Å²) in [5, 5.41) is 13.3. The van der Waals surface area contributed by atoms with Crippen molar-refractivity contribution in [3.8, 4) is 11.6 Å². The molecule has 0 saturated carbocycles. The molecule has 1 aromatic carbocycles. The third-order valence-electron chi connectivity index (χ3n) is 3.60. The van der Waals surface area contributed by atoms with Gasteiger partial charge in [-0.2, -0.15) is 0 Å². The average Bonchev–Trinajstić information content (AvgIpc) is 3.29. The van der Waals surface area contributed by atoms with Crippen molar-refractivity contribution in [3.63, 3.8) is 0 Å². The number of rotatable bonds is 5. The van der Waals surface area contributed by atoms with Gasteiger partial charge in [0.25, 0.3) is 0 Å². The SMILES string of the molecule is CN=C(NCc1ccc(F)c(C)c1)NCc1nc(-c2ccco2)n[nH]1.I. The van der Waals surface area contributed by atoms with Crippen LogP contribution >= 0.6 is 24.0 Å². The number of H-pyrrole nitrogens is 1. The van der Waals surface area contributed by atoms with Gasteiger partial charge in [0.15, 0.2) is 11.7 Å². The molecule has 9 heteroatoms. The number of guanidine groups is 1. The zero-order valence-corrected chi connectivity index (χ0v) is 16.7.